The van der Waals surface area contributed by atoms with Gasteiger partial charge in [-0.15, -0.1) is 10.2 Å². The number of benzene rings is 1. The van der Waals surface area contributed by atoms with Crippen molar-refractivity contribution in [1.82, 2.24) is 20.1 Å². The van der Waals surface area contributed by atoms with Crippen molar-refractivity contribution in [3.8, 4) is 11.4 Å². The molecule has 1 atom stereocenters. The molecule has 6 nitrogen and oxygen atoms in total. The van der Waals surface area contributed by atoms with Gasteiger partial charge in [-0.3, -0.25) is 9.36 Å². The number of nitrogens with one attached hydrogen (secondary N) is 1. The molecular weight excluding hydrogens is 408 g/mol. The zero-order chi connectivity index (χ0) is 22.4. The summed E-state index contributed by atoms with van der Waals surface area (Å²) in [5, 5.41) is 12.9. The van der Waals surface area contributed by atoms with Crippen LogP contribution in [0.2, 0.25) is 0 Å². The van der Waals surface area contributed by atoms with E-state index in [0.29, 0.717) is 18.4 Å². The Kier molecular flexibility index (Phi) is 8.17. The molecule has 1 aromatic heterocycles. The number of aromatic nitrogens is 3. The molecule has 1 amide bonds. The van der Waals surface area contributed by atoms with E-state index in [-0.39, 0.29) is 17.4 Å². The third-order valence-corrected chi connectivity index (χ3v) is 6.71. The fraction of sp³-hybridized carbons (Fsp3) is 0.625. The average molecular weight is 445 g/mol. The van der Waals surface area contributed by atoms with Gasteiger partial charge in [0.05, 0.1) is 12.4 Å². The van der Waals surface area contributed by atoms with Crippen molar-refractivity contribution < 1.29 is 9.53 Å². The van der Waals surface area contributed by atoms with E-state index in [9.17, 15) is 4.79 Å². The largest absolute Gasteiger partial charge is 0.383 e. The van der Waals surface area contributed by atoms with Crippen molar-refractivity contribution in [2.75, 3.05) is 19.5 Å². The van der Waals surface area contributed by atoms with E-state index in [0.717, 1.165) is 29.4 Å². The van der Waals surface area contributed by atoms with E-state index in [1.165, 1.54) is 36.6 Å². The third kappa shape index (κ3) is 6.32. The maximum atomic E-state index is 12.4. The summed E-state index contributed by atoms with van der Waals surface area (Å²) in [5.41, 5.74) is 2.50. The van der Waals surface area contributed by atoms with Gasteiger partial charge in [0.1, 0.15) is 0 Å². The summed E-state index contributed by atoms with van der Waals surface area (Å²) in [6.07, 6.45) is 6.01. The van der Waals surface area contributed by atoms with E-state index in [4.69, 9.17) is 4.74 Å². The van der Waals surface area contributed by atoms with Gasteiger partial charge in [0.25, 0.3) is 0 Å². The van der Waals surface area contributed by atoms with Crippen molar-refractivity contribution in [2.45, 2.75) is 82.5 Å². The second-order valence-electron chi connectivity index (χ2n) is 9.51. The van der Waals surface area contributed by atoms with Crippen LogP contribution in [0.3, 0.4) is 0 Å². The van der Waals surface area contributed by atoms with Crippen LogP contribution in [0.4, 0.5) is 0 Å². The van der Waals surface area contributed by atoms with E-state index >= 15 is 0 Å². The Morgan fingerprint density at radius 2 is 1.87 bits per heavy atom. The summed E-state index contributed by atoms with van der Waals surface area (Å²) in [7, 11) is 1.64. The molecule has 31 heavy (non-hydrogen) atoms. The molecule has 2 aromatic rings. The Morgan fingerprint density at radius 3 is 2.48 bits per heavy atom. The first-order valence-corrected chi connectivity index (χ1v) is 12.2. The molecule has 0 aliphatic heterocycles. The van der Waals surface area contributed by atoms with Gasteiger partial charge in [0, 0.05) is 24.8 Å². The van der Waals surface area contributed by atoms with Crippen LogP contribution in [0.5, 0.6) is 0 Å². The third-order valence-electron chi connectivity index (χ3n) is 5.77. The summed E-state index contributed by atoms with van der Waals surface area (Å²) in [4.78, 5) is 12.4. The molecule has 0 radical (unpaired) electrons. The van der Waals surface area contributed by atoms with Gasteiger partial charge in [-0.25, -0.2) is 0 Å². The maximum absolute atomic E-state index is 12.4. The van der Waals surface area contributed by atoms with Crippen molar-refractivity contribution in [1.29, 1.82) is 0 Å². The first-order valence-electron chi connectivity index (χ1n) is 11.3. The van der Waals surface area contributed by atoms with Crippen LogP contribution in [0, 0.1) is 0 Å². The molecule has 3 rings (SSSR count). The summed E-state index contributed by atoms with van der Waals surface area (Å²) in [5.74, 6) is 1.22. The number of amides is 1. The zero-order valence-corrected chi connectivity index (χ0v) is 20.3. The van der Waals surface area contributed by atoms with Crippen molar-refractivity contribution in [3.05, 3.63) is 29.8 Å². The topological polar surface area (TPSA) is 69.0 Å². The fourth-order valence-corrected chi connectivity index (χ4v) is 4.91. The number of nitrogens with zero attached hydrogens (tertiary/aromatic N) is 3. The van der Waals surface area contributed by atoms with Gasteiger partial charge in [-0.1, -0.05) is 76.1 Å². The number of thioether (sulfide) groups is 1. The maximum Gasteiger partial charge on any atom is 0.230 e. The lowest BCUT2D eigenvalue weighted by Crippen LogP contribution is -2.36. The van der Waals surface area contributed by atoms with Crippen LogP contribution >= 0.6 is 11.8 Å². The smallest absolute Gasteiger partial charge is 0.230 e. The van der Waals surface area contributed by atoms with Gasteiger partial charge >= 0.3 is 0 Å². The summed E-state index contributed by atoms with van der Waals surface area (Å²) in [6.45, 7) is 9.11. The van der Waals surface area contributed by atoms with Crippen molar-refractivity contribution >= 4 is 17.7 Å². The van der Waals surface area contributed by atoms with E-state index in [1.807, 2.05) is 6.92 Å². The van der Waals surface area contributed by atoms with Crippen LogP contribution in [0.15, 0.2) is 29.4 Å². The van der Waals surface area contributed by atoms with Gasteiger partial charge in [-0.2, -0.15) is 0 Å². The quantitative estimate of drug-likeness (QED) is 0.581. The van der Waals surface area contributed by atoms with E-state index in [1.54, 1.807) is 7.11 Å². The van der Waals surface area contributed by atoms with Crippen molar-refractivity contribution in [3.63, 3.8) is 0 Å². The highest BCUT2D eigenvalue weighted by Gasteiger charge is 2.25. The van der Waals surface area contributed by atoms with Crippen molar-refractivity contribution in [2.24, 2.45) is 0 Å². The van der Waals surface area contributed by atoms with Gasteiger partial charge in [0.15, 0.2) is 11.0 Å². The summed E-state index contributed by atoms with van der Waals surface area (Å²) >= 11 is 1.47. The molecule has 1 saturated carbocycles. The number of methoxy groups -OCH3 is 1. The van der Waals surface area contributed by atoms with Crippen LogP contribution < -0.4 is 5.32 Å². The van der Waals surface area contributed by atoms with E-state index < -0.39 is 0 Å². The monoisotopic (exact) mass is 444 g/mol. The Balaban J connectivity index is 1.82. The van der Waals surface area contributed by atoms with Gasteiger partial charge in [0.2, 0.25) is 5.91 Å². The standard InChI is InChI=1S/C24H36N4O2S/c1-17(15-30-5)25-21(29)16-31-23-27-26-22(28(23)20-9-7-6-8-10-20)18-11-13-19(14-12-18)24(2,3)4/h11-14,17,20H,6-10,15-16H2,1-5H3,(H,25,29)/t17-/m1/s1. The first-order chi connectivity index (χ1) is 14.8. The first kappa shape index (κ1) is 23.8. The molecule has 1 fully saturated rings. The molecular formula is C24H36N4O2S. The lowest BCUT2D eigenvalue weighted by Gasteiger charge is -2.26. The number of hydrogen-bond acceptors (Lipinski definition) is 5. The number of hydrogen-bond donors (Lipinski definition) is 1. The minimum Gasteiger partial charge on any atom is -0.383 e. The predicted octanol–water partition coefficient (Wildman–Crippen LogP) is 4.99. The Labute approximate surface area is 190 Å². The summed E-state index contributed by atoms with van der Waals surface area (Å²) in [6, 6.07) is 9.05. The second kappa shape index (κ2) is 10.6. The number of carbonyl (C=O) groups excluding carboxylic acids is 1. The molecule has 1 heterocycles. The van der Waals surface area contributed by atoms with Gasteiger partial charge < -0.3 is 10.1 Å². The molecule has 0 saturated heterocycles. The van der Waals surface area contributed by atoms with Crippen LogP contribution in [0.1, 0.15) is 71.4 Å². The molecule has 7 heteroatoms. The highest BCUT2D eigenvalue weighted by Crippen LogP contribution is 2.36. The molecule has 1 aliphatic carbocycles. The normalized spacial score (nSPS) is 16.3. The highest BCUT2D eigenvalue weighted by atomic mass is 32.2. The lowest BCUT2D eigenvalue weighted by molar-refractivity contribution is -0.119. The molecule has 0 unspecified atom stereocenters. The Bertz CT molecular complexity index is 851. The lowest BCUT2D eigenvalue weighted by atomic mass is 9.86. The number of carbonyl (C=O) groups is 1. The van der Waals surface area contributed by atoms with Crippen LogP contribution in [-0.4, -0.2) is 46.2 Å². The molecule has 1 N–H and O–H groups in total. The fourth-order valence-electron chi connectivity index (χ4n) is 4.10. The molecule has 170 valence electrons. The molecule has 0 spiro atoms. The summed E-state index contributed by atoms with van der Waals surface area (Å²) < 4.78 is 7.38. The minimum atomic E-state index is -0.0103. The van der Waals surface area contributed by atoms with Gasteiger partial charge in [-0.05, 0) is 30.7 Å². The minimum absolute atomic E-state index is 0.00814. The highest BCUT2D eigenvalue weighted by molar-refractivity contribution is 7.99. The number of rotatable bonds is 8. The zero-order valence-electron chi connectivity index (χ0n) is 19.5. The second-order valence-corrected chi connectivity index (χ2v) is 10.5. The van der Waals surface area contributed by atoms with E-state index in [2.05, 4.69) is 65.1 Å². The Hall–Kier alpha value is -1.86. The van der Waals surface area contributed by atoms with Crippen LogP contribution in [-0.2, 0) is 14.9 Å². The molecule has 0 bridgehead atoms. The average Bonchev–Trinajstić information content (AvgIpc) is 3.16. The van der Waals surface area contributed by atoms with Crippen LogP contribution in [0.25, 0.3) is 11.4 Å². The predicted molar refractivity (Wildman–Crippen MR) is 126 cm³/mol. The molecule has 1 aromatic carbocycles. The SMILES string of the molecule is COC[C@@H](C)NC(=O)CSc1nnc(-c2ccc(C(C)(C)C)cc2)n1C1CCCCC1. The Morgan fingerprint density at radius 1 is 1.19 bits per heavy atom. The molecule has 1 aliphatic rings. The number of ether oxygens (including phenoxy) is 1.